The van der Waals surface area contributed by atoms with Crippen LogP contribution in [0.4, 0.5) is 0 Å². The average Bonchev–Trinajstić information content (AvgIpc) is 2.53. The van der Waals surface area contributed by atoms with Crippen LogP contribution in [0.5, 0.6) is 11.5 Å². The third-order valence-electron chi connectivity index (χ3n) is 4.02. The van der Waals surface area contributed by atoms with Crippen molar-refractivity contribution >= 4 is 0 Å². The SMILES string of the molecule is COc1cc2c(cc1OC)CN(Cc1ccnc(C)n1)CC2. The highest BCUT2D eigenvalue weighted by Gasteiger charge is 2.19. The molecule has 1 aliphatic heterocycles. The Kier molecular flexibility index (Phi) is 4.24. The van der Waals surface area contributed by atoms with Gasteiger partial charge in [0.15, 0.2) is 11.5 Å². The molecule has 0 fully saturated rings. The summed E-state index contributed by atoms with van der Waals surface area (Å²) in [6, 6.07) is 6.17. The first-order valence-electron chi connectivity index (χ1n) is 7.44. The second-order valence-corrected chi connectivity index (χ2v) is 5.53. The monoisotopic (exact) mass is 299 g/mol. The Bertz CT molecular complexity index is 673. The topological polar surface area (TPSA) is 47.5 Å². The quantitative estimate of drug-likeness (QED) is 0.867. The normalized spacial score (nSPS) is 14.5. The molecule has 0 saturated heterocycles. The van der Waals surface area contributed by atoms with Crippen LogP contribution in [0, 0.1) is 6.92 Å². The van der Waals surface area contributed by atoms with Crippen LogP contribution in [0.25, 0.3) is 0 Å². The second kappa shape index (κ2) is 6.32. The van der Waals surface area contributed by atoms with E-state index in [9.17, 15) is 0 Å². The minimum absolute atomic E-state index is 0.793. The van der Waals surface area contributed by atoms with Crippen molar-refractivity contribution in [2.45, 2.75) is 26.4 Å². The zero-order chi connectivity index (χ0) is 15.5. The lowest BCUT2D eigenvalue weighted by atomic mass is 9.98. The van der Waals surface area contributed by atoms with Gasteiger partial charge in [-0.1, -0.05) is 0 Å². The van der Waals surface area contributed by atoms with E-state index in [1.165, 1.54) is 11.1 Å². The molecule has 116 valence electrons. The van der Waals surface area contributed by atoms with Crippen LogP contribution in [0.3, 0.4) is 0 Å². The molecule has 0 aliphatic carbocycles. The Morgan fingerprint density at radius 2 is 1.86 bits per heavy atom. The summed E-state index contributed by atoms with van der Waals surface area (Å²) in [6.45, 7) is 4.69. The highest BCUT2D eigenvalue weighted by Crippen LogP contribution is 2.33. The lowest BCUT2D eigenvalue weighted by molar-refractivity contribution is 0.241. The molecule has 3 rings (SSSR count). The largest absolute Gasteiger partial charge is 0.493 e. The van der Waals surface area contributed by atoms with Crippen LogP contribution < -0.4 is 9.47 Å². The van der Waals surface area contributed by atoms with Gasteiger partial charge >= 0.3 is 0 Å². The molecule has 0 saturated carbocycles. The number of rotatable bonds is 4. The highest BCUT2D eigenvalue weighted by atomic mass is 16.5. The van der Waals surface area contributed by atoms with Gasteiger partial charge in [-0.05, 0) is 42.7 Å². The lowest BCUT2D eigenvalue weighted by Crippen LogP contribution is -2.30. The molecule has 1 aliphatic rings. The summed E-state index contributed by atoms with van der Waals surface area (Å²) in [5.41, 5.74) is 3.71. The van der Waals surface area contributed by atoms with Crippen LogP contribution in [0.2, 0.25) is 0 Å². The molecule has 2 heterocycles. The molecule has 2 aromatic rings. The maximum absolute atomic E-state index is 5.41. The first kappa shape index (κ1) is 14.8. The molecular formula is C17H21N3O2. The van der Waals surface area contributed by atoms with E-state index in [-0.39, 0.29) is 0 Å². The molecule has 1 aromatic carbocycles. The van der Waals surface area contributed by atoms with Crippen LogP contribution in [-0.2, 0) is 19.5 Å². The molecule has 0 amide bonds. The van der Waals surface area contributed by atoms with Crippen LogP contribution in [0.1, 0.15) is 22.6 Å². The number of aromatic nitrogens is 2. The third kappa shape index (κ3) is 3.04. The van der Waals surface area contributed by atoms with Crippen LogP contribution >= 0.6 is 0 Å². The number of nitrogens with zero attached hydrogens (tertiary/aromatic N) is 3. The van der Waals surface area contributed by atoms with E-state index in [4.69, 9.17) is 9.47 Å². The van der Waals surface area contributed by atoms with Crippen molar-refractivity contribution in [3.63, 3.8) is 0 Å². The summed E-state index contributed by atoms with van der Waals surface area (Å²) in [7, 11) is 3.35. The van der Waals surface area contributed by atoms with Crippen molar-refractivity contribution in [1.82, 2.24) is 14.9 Å². The molecule has 0 N–H and O–H groups in total. The molecule has 0 atom stereocenters. The van der Waals surface area contributed by atoms with Gasteiger partial charge in [0.2, 0.25) is 0 Å². The van der Waals surface area contributed by atoms with Crippen LogP contribution in [-0.4, -0.2) is 35.6 Å². The van der Waals surface area contributed by atoms with E-state index in [0.29, 0.717) is 0 Å². The van der Waals surface area contributed by atoms with Crippen LogP contribution in [0.15, 0.2) is 24.4 Å². The first-order valence-corrected chi connectivity index (χ1v) is 7.44. The molecule has 1 aromatic heterocycles. The Morgan fingerprint density at radius 1 is 1.14 bits per heavy atom. The molecule has 0 radical (unpaired) electrons. The minimum atomic E-state index is 0.793. The minimum Gasteiger partial charge on any atom is -0.493 e. The molecule has 0 bridgehead atoms. The van der Waals surface area contributed by atoms with E-state index in [0.717, 1.165) is 49.1 Å². The van der Waals surface area contributed by atoms with Gasteiger partial charge in [-0.2, -0.15) is 0 Å². The number of fused-ring (bicyclic) bond motifs is 1. The maximum Gasteiger partial charge on any atom is 0.161 e. The van der Waals surface area contributed by atoms with Gasteiger partial charge in [-0.25, -0.2) is 9.97 Å². The van der Waals surface area contributed by atoms with Crippen molar-refractivity contribution in [2.24, 2.45) is 0 Å². The summed E-state index contributed by atoms with van der Waals surface area (Å²) in [4.78, 5) is 11.0. The Labute approximate surface area is 130 Å². The van der Waals surface area contributed by atoms with E-state index < -0.39 is 0 Å². The van der Waals surface area contributed by atoms with Gasteiger partial charge in [-0.15, -0.1) is 0 Å². The van der Waals surface area contributed by atoms with Gasteiger partial charge in [0.25, 0.3) is 0 Å². The van der Waals surface area contributed by atoms with Gasteiger partial charge < -0.3 is 9.47 Å². The predicted octanol–water partition coefficient (Wildman–Crippen LogP) is 2.36. The smallest absolute Gasteiger partial charge is 0.161 e. The number of hydrogen-bond donors (Lipinski definition) is 0. The standard InChI is InChI=1S/C17H21N3O2/c1-12-18-6-4-15(19-12)11-20-7-5-13-8-16(21-2)17(22-3)9-14(13)10-20/h4,6,8-9H,5,7,10-11H2,1-3H3. The van der Waals surface area contributed by atoms with Gasteiger partial charge in [0.05, 0.1) is 19.9 Å². The first-order chi connectivity index (χ1) is 10.7. The number of ether oxygens (including phenoxy) is 2. The van der Waals surface area contributed by atoms with Crippen molar-refractivity contribution in [1.29, 1.82) is 0 Å². The predicted molar refractivity (Wildman–Crippen MR) is 84.1 cm³/mol. The fraction of sp³-hybridized carbons (Fsp3) is 0.412. The molecule has 0 spiro atoms. The summed E-state index contributed by atoms with van der Waals surface area (Å²) in [5.74, 6) is 2.42. The summed E-state index contributed by atoms with van der Waals surface area (Å²) in [5, 5.41) is 0. The Morgan fingerprint density at radius 3 is 2.55 bits per heavy atom. The molecular weight excluding hydrogens is 278 g/mol. The summed E-state index contributed by atoms with van der Waals surface area (Å²) < 4.78 is 10.8. The fourth-order valence-electron chi connectivity index (χ4n) is 2.90. The lowest BCUT2D eigenvalue weighted by Gasteiger charge is -2.29. The second-order valence-electron chi connectivity index (χ2n) is 5.53. The van der Waals surface area contributed by atoms with Gasteiger partial charge in [0, 0.05) is 25.8 Å². The zero-order valence-electron chi connectivity index (χ0n) is 13.3. The van der Waals surface area contributed by atoms with E-state index in [2.05, 4.69) is 27.0 Å². The van der Waals surface area contributed by atoms with Crippen molar-refractivity contribution in [2.75, 3.05) is 20.8 Å². The van der Waals surface area contributed by atoms with E-state index >= 15 is 0 Å². The van der Waals surface area contributed by atoms with Crippen molar-refractivity contribution < 1.29 is 9.47 Å². The number of methoxy groups -OCH3 is 2. The van der Waals surface area contributed by atoms with E-state index in [1.54, 1.807) is 14.2 Å². The number of benzene rings is 1. The van der Waals surface area contributed by atoms with Crippen molar-refractivity contribution in [3.05, 3.63) is 47.0 Å². The molecule has 5 nitrogen and oxygen atoms in total. The highest BCUT2D eigenvalue weighted by molar-refractivity contribution is 5.48. The molecule has 22 heavy (non-hydrogen) atoms. The number of hydrogen-bond acceptors (Lipinski definition) is 5. The average molecular weight is 299 g/mol. The fourth-order valence-corrected chi connectivity index (χ4v) is 2.90. The third-order valence-corrected chi connectivity index (χ3v) is 4.02. The molecule has 0 unspecified atom stereocenters. The number of aryl methyl sites for hydroxylation is 1. The Balaban J connectivity index is 1.78. The summed E-state index contributed by atoms with van der Waals surface area (Å²) in [6.07, 6.45) is 2.84. The van der Waals surface area contributed by atoms with Gasteiger partial charge in [-0.3, -0.25) is 4.90 Å². The Hall–Kier alpha value is -2.14. The maximum atomic E-state index is 5.41. The summed E-state index contributed by atoms with van der Waals surface area (Å²) >= 11 is 0. The zero-order valence-corrected chi connectivity index (χ0v) is 13.3. The van der Waals surface area contributed by atoms with Crippen molar-refractivity contribution in [3.8, 4) is 11.5 Å². The van der Waals surface area contributed by atoms with E-state index in [1.807, 2.05) is 19.2 Å². The molecule has 5 heteroatoms. The van der Waals surface area contributed by atoms with Gasteiger partial charge in [0.1, 0.15) is 5.82 Å².